The quantitative estimate of drug-likeness (QED) is 0.533. The molecule has 4 rings (SSSR count). The number of nitrogens with zero attached hydrogens (tertiary/aromatic N) is 4. The standard InChI is InChI=1S/C15H10N4O5/c20-19(21)9-1-2-13(17-8-9)24-11-3-4-16-10-7-12-15(18-14(10)11)23-6-5-22-12/h1-4,7-8H,5-6H2. The zero-order valence-corrected chi connectivity index (χ0v) is 12.2. The molecule has 24 heavy (non-hydrogen) atoms. The van der Waals surface area contributed by atoms with Gasteiger partial charge < -0.3 is 14.2 Å². The SMILES string of the molecule is O=[N+]([O-])c1ccc(Oc2ccnc3cc4c(nc23)OCCO4)nc1. The Labute approximate surface area is 135 Å². The molecule has 1 aliphatic heterocycles. The molecule has 9 nitrogen and oxygen atoms in total. The Morgan fingerprint density at radius 2 is 2.04 bits per heavy atom. The summed E-state index contributed by atoms with van der Waals surface area (Å²) in [5.74, 6) is 1.54. The van der Waals surface area contributed by atoms with Gasteiger partial charge in [-0.15, -0.1) is 0 Å². The highest BCUT2D eigenvalue weighted by Crippen LogP contribution is 2.35. The van der Waals surface area contributed by atoms with E-state index in [1.165, 1.54) is 12.1 Å². The first-order valence-electron chi connectivity index (χ1n) is 7.04. The van der Waals surface area contributed by atoms with Crippen molar-refractivity contribution in [3.8, 4) is 23.3 Å². The summed E-state index contributed by atoms with van der Waals surface area (Å²) in [5, 5.41) is 10.7. The minimum atomic E-state index is -0.524. The third-order valence-electron chi connectivity index (χ3n) is 3.33. The van der Waals surface area contributed by atoms with Crippen LogP contribution in [0.1, 0.15) is 0 Å². The second-order valence-electron chi connectivity index (χ2n) is 4.88. The molecular formula is C15H10N4O5. The van der Waals surface area contributed by atoms with E-state index in [-0.39, 0.29) is 11.6 Å². The number of nitro groups is 1. The van der Waals surface area contributed by atoms with Crippen molar-refractivity contribution in [3.63, 3.8) is 0 Å². The molecule has 0 bridgehead atoms. The number of fused-ring (bicyclic) bond motifs is 2. The Morgan fingerprint density at radius 3 is 2.83 bits per heavy atom. The summed E-state index contributed by atoms with van der Waals surface area (Å²) in [6, 6.07) is 6.10. The topological polar surface area (TPSA) is 110 Å². The van der Waals surface area contributed by atoms with E-state index in [9.17, 15) is 10.1 Å². The van der Waals surface area contributed by atoms with Crippen molar-refractivity contribution in [2.75, 3.05) is 13.2 Å². The summed E-state index contributed by atoms with van der Waals surface area (Å²) in [7, 11) is 0. The second kappa shape index (κ2) is 5.61. The lowest BCUT2D eigenvalue weighted by Crippen LogP contribution is -2.16. The lowest BCUT2D eigenvalue weighted by Gasteiger charge is -2.17. The van der Waals surface area contributed by atoms with E-state index < -0.39 is 4.92 Å². The van der Waals surface area contributed by atoms with Gasteiger partial charge in [0.05, 0.1) is 10.4 Å². The van der Waals surface area contributed by atoms with Gasteiger partial charge in [-0.1, -0.05) is 0 Å². The van der Waals surface area contributed by atoms with Crippen LogP contribution < -0.4 is 14.2 Å². The Bertz CT molecular complexity index is 929. The largest absolute Gasteiger partial charge is 0.484 e. The van der Waals surface area contributed by atoms with Crippen molar-refractivity contribution in [1.82, 2.24) is 15.0 Å². The molecule has 0 unspecified atom stereocenters. The molecule has 120 valence electrons. The molecule has 0 aromatic carbocycles. The molecule has 0 fully saturated rings. The van der Waals surface area contributed by atoms with Gasteiger partial charge >= 0.3 is 0 Å². The highest BCUT2D eigenvalue weighted by atomic mass is 16.6. The number of hydrogen-bond donors (Lipinski definition) is 0. The Hall–Kier alpha value is -3.49. The van der Waals surface area contributed by atoms with Crippen molar-refractivity contribution in [1.29, 1.82) is 0 Å². The third kappa shape index (κ3) is 2.51. The van der Waals surface area contributed by atoms with E-state index in [4.69, 9.17) is 14.2 Å². The zero-order valence-electron chi connectivity index (χ0n) is 12.2. The van der Waals surface area contributed by atoms with Crippen LogP contribution in [0.25, 0.3) is 11.0 Å². The monoisotopic (exact) mass is 326 g/mol. The van der Waals surface area contributed by atoms with E-state index in [0.717, 1.165) is 6.20 Å². The zero-order chi connectivity index (χ0) is 16.5. The maximum atomic E-state index is 10.7. The van der Waals surface area contributed by atoms with E-state index in [2.05, 4.69) is 15.0 Å². The van der Waals surface area contributed by atoms with E-state index in [1.54, 1.807) is 18.3 Å². The molecule has 0 spiro atoms. The van der Waals surface area contributed by atoms with Crippen LogP contribution >= 0.6 is 0 Å². The summed E-state index contributed by atoms with van der Waals surface area (Å²) < 4.78 is 16.6. The second-order valence-corrected chi connectivity index (χ2v) is 4.88. The molecule has 0 aliphatic carbocycles. The van der Waals surface area contributed by atoms with Gasteiger partial charge in [0.1, 0.15) is 24.9 Å². The van der Waals surface area contributed by atoms with Crippen LogP contribution in [0.15, 0.2) is 36.7 Å². The Kier molecular flexibility index (Phi) is 3.30. The lowest BCUT2D eigenvalue weighted by molar-refractivity contribution is -0.385. The van der Waals surface area contributed by atoms with Crippen LogP contribution in [0.5, 0.6) is 23.3 Å². The maximum absolute atomic E-state index is 10.7. The summed E-state index contributed by atoms with van der Waals surface area (Å²) >= 11 is 0. The molecule has 3 aromatic heterocycles. The first-order chi connectivity index (χ1) is 11.7. The normalized spacial score (nSPS) is 12.8. The first-order valence-corrected chi connectivity index (χ1v) is 7.04. The van der Waals surface area contributed by atoms with Crippen molar-refractivity contribution >= 4 is 16.7 Å². The molecule has 9 heteroatoms. The van der Waals surface area contributed by atoms with Crippen LogP contribution in [-0.2, 0) is 0 Å². The van der Waals surface area contributed by atoms with Gasteiger partial charge in [-0.2, -0.15) is 0 Å². The maximum Gasteiger partial charge on any atom is 0.287 e. The van der Waals surface area contributed by atoms with E-state index in [0.29, 0.717) is 41.6 Å². The Morgan fingerprint density at radius 1 is 1.17 bits per heavy atom. The minimum Gasteiger partial charge on any atom is -0.484 e. The van der Waals surface area contributed by atoms with Crippen LogP contribution in [-0.4, -0.2) is 33.1 Å². The molecule has 1 aliphatic rings. The number of pyridine rings is 3. The number of aromatic nitrogens is 3. The van der Waals surface area contributed by atoms with Crippen LogP contribution in [0, 0.1) is 10.1 Å². The van der Waals surface area contributed by atoms with Crippen LogP contribution in [0.3, 0.4) is 0 Å². The van der Waals surface area contributed by atoms with Gasteiger partial charge in [0.15, 0.2) is 11.5 Å². The van der Waals surface area contributed by atoms with Gasteiger partial charge in [0.2, 0.25) is 5.88 Å². The summed E-state index contributed by atoms with van der Waals surface area (Å²) in [4.78, 5) is 22.7. The van der Waals surface area contributed by atoms with E-state index >= 15 is 0 Å². The van der Waals surface area contributed by atoms with Gasteiger partial charge in [0, 0.05) is 30.5 Å². The molecular weight excluding hydrogens is 316 g/mol. The molecule has 4 heterocycles. The first kappa shape index (κ1) is 14.1. The van der Waals surface area contributed by atoms with Crippen molar-refractivity contribution in [2.45, 2.75) is 0 Å². The van der Waals surface area contributed by atoms with Crippen molar-refractivity contribution in [2.24, 2.45) is 0 Å². The fraction of sp³-hybridized carbons (Fsp3) is 0.133. The van der Waals surface area contributed by atoms with Gasteiger partial charge in [-0.25, -0.2) is 9.97 Å². The third-order valence-corrected chi connectivity index (χ3v) is 3.33. The van der Waals surface area contributed by atoms with E-state index in [1.807, 2.05) is 0 Å². The van der Waals surface area contributed by atoms with Gasteiger partial charge in [0.25, 0.3) is 11.6 Å². The molecule has 0 radical (unpaired) electrons. The van der Waals surface area contributed by atoms with Crippen molar-refractivity contribution < 1.29 is 19.1 Å². The number of ether oxygens (including phenoxy) is 3. The predicted octanol–water partition coefficient (Wildman–Crippen LogP) is 2.50. The summed E-state index contributed by atoms with van der Waals surface area (Å²) in [6.07, 6.45) is 2.70. The highest BCUT2D eigenvalue weighted by Gasteiger charge is 2.17. The predicted molar refractivity (Wildman–Crippen MR) is 81.5 cm³/mol. The molecule has 0 saturated carbocycles. The minimum absolute atomic E-state index is 0.111. The highest BCUT2D eigenvalue weighted by molar-refractivity contribution is 5.83. The average molecular weight is 326 g/mol. The summed E-state index contributed by atoms with van der Waals surface area (Å²) in [5.41, 5.74) is 0.959. The molecule has 0 N–H and O–H groups in total. The lowest BCUT2D eigenvalue weighted by atomic mass is 10.3. The number of rotatable bonds is 3. The number of hydrogen-bond acceptors (Lipinski definition) is 8. The van der Waals surface area contributed by atoms with Gasteiger partial charge in [-0.3, -0.25) is 15.1 Å². The van der Waals surface area contributed by atoms with Crippen LogP contribution in [0.4, 0.5) is 5.69 Å². The smallest absolute Gasteiger partial charge is 0.287 e. The molecule has 3 aromatic rings. The summed E-state index contributed by atoms with van der Waals surface area (Å²) in [6.45, 7) is 0.884. The van der Waals surface area contributed by atoms with Crippen LogP contribution in [0.2, 0.25) is 0 Å². The molecule has 0 atom stereocenters. The van der Waals surface area contributed by atoms with Crippen molar-refractivity contribution in [3.05, 3.63) is 46.8 Å². The molecule has 0 amide bonds. The fourth-order valence-corrected chi connectivity index (χ4v) is 2.24. The fourth-order valence-electron chi connectivity index (χ4n) is 2.24. The molecule has 0 saturated heterocycles. The van der Waals surface area contributed by atoms with Gasteiger partial charge in [-0.05, 0) is 0 Å². The Balaban J connectivity index is 1.72. The average Bonchev–Trinajstić information content (AvgIpc) is 2.61.